The molecule has 4 atom stereocenters. The van der Waals surface area contributed by atoms with Crippen molar-refractivity contribution in [2.45, 2.75) is 83.3 Å². The molecule has 0 bridgehead atoms. The molecule has 2 heterocycles. The van der Waals surface area contributed by atoms with Gasteiger partial charge in [-0.25, -0.2) is 4.79 Å². The van der Waals surface area contributed by atoms with Crippen LogP contribution in [0.2, 0.25) is 0 Å². The Labute approximate surface area is 127 Å². The van der Waals surface area contributed by atoms with E-state index in [2.05, 4.69) is 13.8 Å². The van der Waals surface area contributed by atoms with Crippen molar-refractivity contribution in [1.29, 1.82) is 0 Å². The largest absolute Gasteiger partial charge is 0.441 e. The fraction of sp³-hybridized carbons (Fsp3) is 0.938. The molecule has 21 heavy (non-hydrogen) atoms. The first-order valence-corrected chi connectivity index (χ1v) is 8.36. The number of rotatable bonds is 8. The zero-order valence-corrected chi connectivity index (χ0v) is 13.5. The summed E-state index contributed by atoms with van der Waals surface area (Å²) in [6.45, 7) is 5.05. The molecule has 0 saturated carbocycles. The van der Waals surface area contributed by atoms with Gasteiger partial charge in [0.2, 0.25) is 0 Å². The molecule has 122 valence electrons. The lowest BCUT2D eigenvalue weighted by Crippen LogP contribution is -2.51. The van der Waals surface area contributed by atoms with E-state index in [1.54, 1.807) is 7.11 Å². The van der Waals surface area contributed by atoms with Crippen LogP contribution in [0.4, 0.5) is 4.79 Å². The van der Waals surface area contributed by atoms with E-state index in [-0.39, 0.29) is 30.6 Å². The fourth-order valence-corrected chi connectivity index (χ4v) is 3.31. The van der Waals surface area contributed by atoms with Gasteiger partial charge in [0.05, 0.1) is 12.1 Å². The van der Waals surface area contributed by atoms with Crippen LogP contribution in [0.1, 0.15) is 58.8 Å². The van der Waals surface area contributed by atoms with Crippen molar-refractivity contribution in [3.05, 3.63) is 0 Å². The molecule has 5 heteroatoms. The lowest BCUT2D eigenvalue weighted by Gasteiger charge is -2.37. The van der Waals surface area contributed by atoms with Gasteiger partial charge in [0, 0.05) is 20.1 Å². The highest BCUT2D eigenvalue weighted by Gasteiger charge is 2.50. The summed E-state index contributed by atoms with van der Waals surface area (Å²) in [6.07, 6.45) is 6.92. The standard InChI is InChI=1S/C16H29NO4/c1-4-6-7-8-9-10-17-12-11-14(19-3)20-13(5-2)15(12)21-16(17)18/h12-15H,4-11H2,1-3H3/t12-,13-,14+,15+/m1/s1. The number of ether oxygens (including phenoxy) is 3. The van der Waals surface area contributed by atoms with Gasteiger partial charge in [-0.3, -0.25) is 0 Å². The first-order valence-electron chi connectivity index (χ1n) is 8.36. The van der Waals surface area contributed by atoms with Gasteiger partial charge in [-0.15, -0.1) is 0 Å². The average Bonchev–Trinajstić information content (AvgIpc) is 2.82. The smallest absolute Gasteiger partial charge is 0.410 e. The Bertz CT molecular complexity index is 336. The van der Waals surface area contributed by atoms with Gasteiger partial charge in [0.25, 0.3) is 0 Å². The van der Waals surface area contributed by atoms with Gasteiger partial charge in [-0.05, 0) is 12.8 Å². The molecule has 0 unspecified atom stereocenters. The Morgan fingerprint density at radius 3 is 2.67 bits per heavy atom. The maximum absolute atomic E-state index is 12.1. The van der Waals surface area contributed by atoms with Crippen LogP contribution >= 0.6 is 0 Å². The van der Waals surface area contributed by atoms with Crippen molar-refractivity contribution in [2.75, 3.05) is 13.7 Å². The van der Waals surface area contributed by atoms with Crippen LogP contribution in [-0.2, 0) is 14.2 Å². The number of methoxy groups -OCH3 is 1. The first-order chi connectivity index (χ1) is 10.2. The van der Waals surface area contributed by atoms with Crippen LogP contribution in [0.25, 0.3) is 0 Å². The monoisotopic (exact) mass is 299 g/mol. The van der Waals surface area contributed by atoms with Gasteiger partial charge in [0.15, 0.2) is 12.4 Å². The van der Waals surface area contributed by atoms with Crippen LogP contribution in [-0.4, -0.2) is 49.2 Å². The Balaban J connectivity index is 1.90. The van der Waals surface area contributed by atoms with E-state index < -0.39 is 0 Å². The topological polar surface area (TPSA) is 48.0 Å². The van der Waals surface area contributed by atoms with Gasteiger partial charge >= 0.3 is 6.09 Å². The van der Waals surface area contributed by atoms with Crippen LogP contribution in [0.15, 0.2) is 0 Å². The molecular weight excluding hydrogens is 270 g/mol. The second kappa shape index (κ2) is 7.99. The predicted octanol–water partition coefficient (Wildman–Crippen LogP) is 3.32. The highest BCUT2D eigenvalue weighted by atomic mass is 16.7. The van der Waals surface area contributed by atoms with Crippen molar-refractivity contribution < 1.29 is 19.0 Å². The molecule has 2 fully saturated rings. The second-order valence-corrected chi connectivity index (χ2v) is 6.01. The van der Waals surface area contributed by atoms with E-state index in [9.17, 15) is 4.79 Å². The molecule has 2 aliphatic heterocycles. The second-order valence-electron chi connectivity index (χ2n) is 6.01. The number of nitrogens with zero attached hydrogens (tertiary/aromatic N) is 1. The number of fused-ring (bicyclic) bond motifs is 1. The van der Waals surface area contributed by atoms with E-state index in [4.69, 9.17) is 14.2 Å². The van der Waals surface area contributed by atoms with Crippen molar-refractivity contribution in [2.24, 2.45) is 0 Å². The highest BCUT2D eigenvalue weighted by Crippen LogP contribution is 2.34. The third-order valence-corrected chi connectivity index (χ3v) is 4.55. The molecule has 2 aliphatic rings. The van der Waals surface area contributed by atoms with Gasteiger partial charge < -0.3 is 19.1 Å². The maximum Gasteiger partial charge on any atom is 0.410 e. The lowest BCUT2D eigenvalue weighted by molar-refractivity contribution is -0.214. The minimum absolute atomic E-state index is 0.0530. The normalized spacial score (nSPS) is 32.1. The summed E-state index contributed by atoms with van der Waals surface area (Å²) in [5.41, 5.74) is 0. The quantitative estimate of drug-likeness (QED) is 0.645. The molecule has 1 amide bonds. The third-order valence-electron chi connectivity index (χ3n) is 4.55. The molecular formula is C16H29NO4. The molecule has 2 rings (SSSR count). The van der Waals surface area contributed by atoms with E-state index >= 15 is 0 Å². The van der Waals surface area contributed by atoms with Gasteiger partial charge in [0.1, 0.15) is 0 Å². The van der Waals surface area contributed by atoms with Crippen molar-refractivity contribution >= 4 is 6.09 Å². The number of hydrogen-bond acceptors (Lipinski definition) is 4. The number of carbonyl (C=O) groups is 1. The number of amides is 1. The summed E-state index contributed by atoms with van der Waals surface area (Å²) in [6, 6.07) is 0.104. The Morgan fingerprint density at radius 1 is 1.24 bits per heavy atom. The molecule has 0 aliphatic carbocycles. The Hall–Kier alpha value is -0.810. The SMILES string of the molecule is CCCCCCCN1C(=O)O[C@H]2[C@H]1C[C@@H](OC)O[C@@H]2CC. The molecule has 2 saturated heterocycles. The number of carbonyl (C=O) groups excluding carboxylic acids is 1. The lowest BCUT2D eigenvalue weighted by atomic mass is 9.96. The maximum atomic E-state index is 12.1. The van der Waals surface area contributed by atoms with E-state index in [0.717, 1.165) is 19.4 Å². The molecule has 0 N–H and O–H groups in total. The zero-order chi connectivity index (χ0) is 15.2. The predicted molar refractivity (Wildman–Crippen MR) is 80.1 cm³/mol. The minimum atomic E-state index is -0.228. The average molecular weight is 299 g/mol. The van der Waals surface area contributed by atoms with Crippen LogP contribution in [0.5, 0.6) is 0 Å². The zero-order valence-electron chi connectivity index (χ0n) is 13.5. The summed E-state index contributed by atoms with van der Waals surface area (Å²) < 4.78 is 16.7. The van der Waals surface area contributed by atoms with Crippen molar-refractivity contribution in [3.8, 4) is 0 Å². The highest BCUT2D eigenvalue weighted by molar-refractivity contribution is 5.70. The fourth-order valence-electron chi connectivity index (χ4n) is 3.31. The van der Waals surface area contributed by atoms with Crippen LogP contribution in [0, 0.1) is 0 Å². The third kappa shape index (κ3) is 3.89. The summed E-state index contributed by atoms with van der Waals surface area (Å²) in [5.74, 6) is 0. The van der Waals surface area contributed by atoms with Crippen LogP contribution in [0.3, 0.4) is 0 Å². The van der Waals surface area contributed by atoms with Crippen molar-refractivity contribution in [1.82, 2.24) is 4.90 Å². The first kappa shape index (κ1) is 16.6. The Kier molecular flexibility index (Phi) is 6.30. The van der Waals surface area contributed by atoms with E-state index in [0.29, 0.717) is 6.42 Å². The molecule has 0 aromatic heterocycles. The summed E-state index contributed by atoms with van der Waals surface area (Å²) >= 11 is 0. The minimum Gasteiger partial charge on any atom is -0.441 e. The molecule has 0 aromatic rings. The molecule has 0 aromatic carbocycles. The summed E-state index contributed by atoms with van der Waals surface area (Å²) in [7, 11) is 1.66. The van der Waals surface area contributed by atoms with E-state index in [1.807, 2.05) is 4.90 Å². The van der Waals surface area contributed by atoms with Gasteiger partial charge in [-0.2, -0.15) is 0 Å². The number of unbranched alkanes of at least 4 members (excludes halogenated alkanes) is 4. The van der Waals surface area contributed by atoms with Crippen molar-refractivity contribution in [3.63, 3.8) is 0 Å². The Morgan fingerprint density at radius 2 is 2.00 bits per heavy atom. The summed E-state index contributed by atoms with van der Waals surface area (Å²) in [4.78, 5) is 14.0. The molecule has 5 nitrogen and oxygen atoms in total. The molecule has 0 radical (unpaired) electrons. The molecule has 0 spiro atoms. The van der Waals surface area contributed by atoms with Crippen LogP contribution < -0.4 is 0 Å². The summed E-state index contributed by atoms with van der Waals surface area (Å²) in [5, 5.41) is 0. The van der Waals surface area contributed by atoms with Gasteiger partial charge in [-0.1, -0.05) is 39.5 Å². The number of hydrogen-bond donors (Lipinski definition) is 0. The van der Waals surface area contributed by atoms with E-state index in [1.165, 1.54) is 25.7 Å².